The van der Waals surface area contributed by atoms with Gasteiger partial charge in [0.05, 0.1) is 0 Å². The van der Waals surface area contributed by atoms with Crippen LogP contribution < -0.4 is 0 Å². The molecule has 0 spiro atoms. The average molecular weight is 415 g/mol. The highest BCUT2D eigenvalue weighted by atomic mass is 16.2. The Hall–Kier alpha value is -2.48. The molecule has 2 aromatic rings. The van der Waals surface area contributed by atoms with Crippen LogP contribution in [0.3, 0.4) is 0 Å². The van der Waals surface area contributed by atoms with Crippen LogP contribution in [-0.2, 0) is 20.4 Å². The van der Waals surface area contributed by atoms with Crippen LogP contribution in [0.4, 0.5) is 0 Å². The summed E-state index contributed by atoms with van der Waals surface area (Å²) in [5, 5.41) is 0. The van der Waals surface area contributed by atoms with Crippen LogP contribution in [0, 0.1) is 6.92 Å². The number of hydrogen-bond donors (Lipinski definition) is 0. The zero-order chi connectivity index (χ0) is 22.6. The molecule has 2 heteroatoms. The van der Waals surface area contributed by atoms with Crippen molar-refractivity contribution in [3.8, 4) is 0 Å². The predicted molar refractivity (Wildman–Crippen MR) is 128 cm³/mol. The van der Waals surface area contributed by atoms with E-state index in [2.05, 4.69) is 53.3 Å². The number of carbonyl (C=O) groups excluding carboxylic acids is 2. The molecule has 0 saturated heterocycles. The van der Waals surface area contributed by atoms with E-state index >= 15 is 0 Å². The highest BCUT2D eigenvalue weighted by Crippen LogP contribution is 2.47. The van der Waals surface area contributed by atoms with Crippen molar-refractivity contribution in [3.05, 3.63) is 76.4 Å². The van der Waals surface area contributed by atoms with Gasteiger partial charge in [0, 0.05) is 12.8 Å². The Balaban J connectivity index is 1.69. The Morgan fingerprint density at radius 2 is 1.39 bits per heavy atom. The molecule has 2 aliphatic rings. The molecule has 2 aliphatic carbocycles. The van der Waals surface area contributed by atoms with Gasteiger partial charge < -0.3 is 0 Å². The molecule has 0 aromatic heterocycles. The van der Waals surface area contributed by atoms with Crippen molar-refractivity contribution in [2.24, 2.45) is 0 Å². The van der Waals surface area contributed by atoms with E-state index in [1.54, 1.807) is 0 Å². The first-order valence-corrected chi connectivity index (χ1v) is 11.5. The minimum absolute atomic E-state index is 0.0539. The Morgan fingerprint density at radius 1 is 0.871 bits per heavy atom. The van der Waals surface area contributed by atoms with E-state index in [1.807, 2.05) is 24.3 Å². The zero-order valence-electron chi connectivity index (χ0n) is 19.6. The molecule has 0 aliphatic heterocycles. The van der Waals surface area contributed by atoms with Crippen LogP contribution in [0.5, 0.6) is 0 Å². The first-order valence-electron chi connectivity index (χ1n) is 11.5. The fourth-order valence-electron chi connectivity index (χ4n) is 5.36. The summed E-state index contributed by atoms with van der Waals surface area (Å²) >= 11 is 0. The van der Waals surface area contributed by atoms with Crippen LogP contribution in [0.1, 0.15) is 99.1 Å². The minimum Gasteiger partial charge on any atom is -0.299 e. The van der Waals surface area contributed by atoms with Gasteiger partial charge in [-0.25, -0.2) is 0 Å². The molecule has 162 valence electrons. The maximum Gasteiger partial charge on any atom is 0.147 e. The Morgan fingerprint density at radius 3 is 1.94 bits per heavy atom. The predicted octanol–water partition coefficient (Wildman–Crippen LogP) is 6.81. The molecule has 0 radical (unpaired) electrons. The zero-order valence-corrected chi connectivity index (χ0v) is 19.6. The van der Waals surface area contributed by atoms with Crippen LogP contribution >= 0.6 is 0 Å². The minimum atomic E-state index is -0.579. The Bertz CT molecular complexity index is 1050. The molecule has 0 bridgehead atoms. The van der Waals surface area contributed by atoms with Gasteiger partial charge in [0.25, 0.3) is 0 Å². The number of hydrogen-bond acceptors (Lipinski definition) is 2. The number of rotatable bonds is 3. The molecule has 0 atom stereocenters. The number of aryl methyl sites for hydroxylation is 1. The van der Waals surface area contributed by atoms with E-state index < -0.39 is 5.92 Å². The maximum absolute atomic E-state index is 12.3. The van der Waals surface area contributed by atoms with E-state index in [0.29, 0.717) is 19.3 Å². The normalized spacial score (nSPS) is 20.4. The van der Waals surface area contributed by atoms with Gasteiger partial charge in [0.1, 0.15) is 17.5 Å². The first-order chi connectivity index (χ1) is 14.5. The van der Waals surface area contributed by atoms with E-state index in [1.165, 1.54) is 35.1 Å². The van der Waals surface area contributed by atoms with Crippen LogP contribution in [0.2, 0.25) is 0 Å². The molecule has 31 heavy (non-hydrogen) atoms. The standard InChI is InChI=1S/C29H34O2/c1-18-16-23-24(29(5,6)15-14-28(23,3)4)17-22(18)19(2)20-10-12-21(13-11-20)27-25(30)8-7-9-26(27)31/h10-13,16-17,27H,2,7-9,14-15H2,1,3-6H3. The largest absolute Gasteiger partial charge is 0.299 e. The molecule has 0 unspecified atom stereocenters. The lowest BCUT2D eigenvalue weighted by molar-refractivity contribution is -0.131. The van der Waals surface area contributed by atoms with E-state index in [-0.39, 0.29) is 22.4 Å². The third-order valence-electron chi connectivity index (χ3n) is 7.61. The van der Waals surface area contributed by atoms with E-state index in [4.69, 9.17) is 0 Å². The average Bonchev–Trinajstić information content (AvgIpc) is 2.71. The monoisotopic (exact) mass is 414 g/mol. The van der Waals surface area contributed by atoms with Gasteiger partial charge in [-0.3, -0.25) is 9.59 Å². The quantitative estimate of drug-likeness (QED) is 0.517. The van der Waals surface area contributed by atoms with Crippen molar-refractivity contribution in [2.75, 3.05) is 0 Å². The highest BCUT2D eigenvalue weighted by molar-refractivity contribution is 6.09. The Labute approximate surface area is 186 Å². The molecule has 1 saturated carbocycles. The van der Waals surface area contributed by atoms with Crippen LogP contribution in [0.25, 0.3) is 5.57 Å². The number of carbonyl (C=O) groups is 2. The summed E-state index contributed by atoms with van der Waals surface area (Å²) in [4.78, 5) is 24.6. The van der Waals surface area contributed by atoms with E-state index in [0.717, 1.165) is 16.7 Å². The summed E-state index contributed by atoms with van der Waals surface area (Å²) in [5.41, 5.74) is 8.51. The molecule has 0 N–H and O–H groups in total. The second-order valence-electron chi connectivity index (χ2n) is 10.8. The van der Waals surface area contributed by atoms with Crippen molar-refractivity contribution in [1.82, 2.24) is 0 Å². The SMILES string of the molecule is C=C(c1ccc(C2C(=O)CCCC2=O)cc1)c1cc2c(cc1C)C(C)(C)CCC2(C)C. The van der Waals surface area contributed by atoms with Gasteiger partial charge in [-0.05, 0) is 76.0 Å². The second-order valence-corrected chi connectivity index (χ2v) is 10.8. The molecular formula is C29H34O2. The first kappa shape index (κ1) is 21.7. The summed E-state index contributed by atoms with van der Waals surface area (Å²) in [7, 11) is 0. The van der Waals surface area contributed by atoms with E-state index in [9.17, 15) is 9.59 Å². The fraction of sp³-hybridized carbons (Fsp3) is 0.448. The lowest BCUT2D eigenvalue weighted by atomic mass is 9.62. The van der Waals surface area contributed by atoms with Crippen molar-refractivity contribution in [3.63, 3.8) is 0 Å². The number of ketones is 2. The smallest absolute Gasteiger partial charge is 0.147 e. The lowest BCUT2D eigenvalue weighted by Crippen LogP contribution is -2.34. The van der Waals surface area contributed by atoms with Crippen LogP contribution in [0.15, 0.2) is 43.0 Å². The number of fused-ring (bicyclic) bond motifs is 1. The van der Waals surface area contributed by atoms with Crippen molar-refractivity contribution >= 4 is 17.1 Å². The maximum atomic E-state index is 12.3. The molecule has 2 aromatic carbocycles. The summed E-state index contributed by atoms with van der Waals surface area (Å²) in [6.07, 6.45) is 4.08. The molecule has 0 amide bonds. The molecular weight excluding hydrogens is 380 g/mol. The molecule has 2 nitrogen and oxygen atoms in total. The summed E-state index contributed by atoms with van der Waals surface area (Å²) < 4.78 is 0. The number of Topliss-reactive ketones (excluding diaryl/α,β-unsaturated/α-hetero) is 2. The Kier molecular flexibility index (Phi) is 5.32. The third-order valence-corrected chi connectivity index (χ3v) is 7.61. The molecule has 1 fully saturated rings. The fourth-order valence-corrected chi connectivity index (χ4v) is 5.36. The van der Waals surface area contributed by atoms with Crippen molar-refractivity contribution in [2.45, 2.75) is 83.5 Å². The highest BCUT2D eigenvalue weighted by Gasteiger charge is 2.37. The van der Waals surface area contributed by atoms with Gasteiger partial charge in [-0.1, -0.05) is 70.7 Å². The molecule has 0 heterocycles. The van der Waals surface area contributed by atoms with Gasteiger partial charge in [-0.2, -0.15) is 0 Å². The molecule has 4 rings (SSSR count). The summed E-state index contributed by atoms with van der Waals surface area (Å²) in [5.74, 6) is -0.471. The van der Waals surface area contributed by atoms with Crippen molar-refractivity contribution in [1.29, 1.82) is 0 Å². The van der Waals surface area contributed by atoms with Gasteiger partial charge in [-0.15, -0.1) is 0 Å². The number of benzene rings is 2. The summed E-state index contributed by atoms with van der Waals surface area (Å²) in [6.45, 7) is 16.0. The van der Waals surface area contributed by atoms with Crippen LogP contribution in [-0.4, -0.2) is 11.6 Å². The second kappa shape index (κ2) is 7.58. The van der Waals surface area contributed by atoms with Gasteiger partial charge in [0.15, 0.2) is 0 Å². The third kappa shape index (κ3) is 3.82. The lowest BCUT2D eigenvalue weighted by Gasteiger charge is -2.42. The van der Waals surface area contributed by atoms with Gasteiger partial charge in [0.2, 0.25) is 0 Å². The van der Waals surface area contributed by atoms with Gasteiger partial charge >= 0.3 is 0 Å². The van der Waals surface area contributed by atoms with Crippen molar-refractivity contribution < 1.29 is 9.59 Å². The summed E-state index contributed by atoms with van der Waals surface area (Å²) in [6, 6.07) is 12.6. The topological polar surface area (TPSA) is 34.1 Å².